The number of aromatic nitrogens is 4. The first-order valence-corrected chi connectivity index (χ1v) is 7.34. The summed E-state index contributed by atoms with van der Waals surface area (Å²) < 4.78 is 2.03. The normalized spacial score (nSPS) is 24.1. The molecule has 0 amide bonds. The number of aliphatic hydroxyl groups is 1. The van der Waals surface area contributed by atoms with Crippen LogP contribution in [0.15, 0.2) is 31.0 Å². The van der Waals surface area contributed by atoms with Gasteiger partial charge in [-0.1, -0.05) is 0 Å². The van der Waals surface area contributed by atoms with Crippen LogP contribution in [0.3, 0.4) is 0 Å². The van der Waals surface area contributed by atoms with E-state index in [1.165, 1.54) is 0 Å². The van der Waals surface area contributed by atoms with Crippen molar-refractivity contribution in [2.45, 2.75) is 38.0 Å². The SMILES string of the molecule is N#CCc1ccnc(N[C@@H]2CC(Cn3ccnc3)C[C@H]2O)n1. The predicted octanol–water partition coefficient (Wildman–Crippen LogP) is 0.991. The largest absolute Gasteiger partial charge is 0.391 e. The molecule has 1 fully saturated rings. The standard InChI is InChI=1S/C15H18N6O/c16-3-1-12-2-4-18-15(19-12)20-13-7-11(8-14(13)22)9-21-6-5-17-10-21/h2,4-6,10-11,13-14,22H,1,7-9H2,(H,18,19,20)/t11?,13-,14-/m1/s1. The van der Waals surface area contributed by atoms with Crippen molar-refractivity contribution in [3.8, 4) is 6.07 Å². The molecule has 1 aliphatic rings. The number of anilines is 1. The molecule has 3 atom stereocenters. The summed E-state index contributed by atoms with van der Waals surface area (Å²) in [6, 6.07) is 3.73. The predicted molar refractivity (Wildman–Crippen MR) is 79.7 cm³/mol. The Labute approximate surface area is 128 Å². The highest BCUT2D eigenvalue weighted by Crippen LogP contribution is 2.29. The van der Waals surface area contributed by atoms with Crippen molar-refractivity contribution in [1.82, 2.24) is 19.5 Å². The fourth-order valence-electron chi connectivity index (χ4n) is 2.93. The number of nitriles is 1. The van der Waals surface area contributed by atoms with Gasteiger partial charge in [0.05, 0.1) is 36.7 Å². The molecule has 7 heteroatoms. The first-order chi connectivity index (χ1) is 10.7. The summed E-state index contributed by atoms with van der Waals surface area (Å²) in [5.74, 6) is 0.865. The molecule has 0 spiro atoms. The van der Waals surface area contributed by atoms with Gasteiger partial charge in [0.15, 0.2) is 0 Å². The highest BCUT2D eigenvalue weighted by Gasteiger charge is 2.33. The zero-order valence-electron chi connectivity index (χ0n) is 12.1. The van der Waals surface area contributed by atoms with Gasteiger partial charge in [-0.15, -0.1) is 0 Å². The van der Waals surface area contributed by atoms with Crippen molar-refractivity contribution < 1.29 is 5.11 Å². The molecule has 0 bridgehead atoms. The quantitative estimate of drug-likeness (QED) is 0.854. The van der Waals surface area contributed by atoms with Crippen LogP contribution in [0.5, 0.6) is 0 Å². The van der Waals surface area contributed by atoms with E-state index in [0.717, 1.165) is 19.4 Å². The molecule has 1 unspecified atom stereocenters. The van der Waals surface area contributed by atoms with E-state index in [1.54, 1.807) is 24.8 Å². The van der Waals surface area contributed by atoms with E-state index < -0.39 is 6.10 Å². The lowest BCUT2D eigenvalue weighted by molar-refractivity contribution is 0.166. The van der Waals surface area contributed by atoms with Crippen LogP contribution in [0, 0.1) is 17.2 Å². The second-order valence-corrected chi connectivity index (χ2v) is 5.62. The maximum atomic E-state index is 10.2. The van der Waals surface area contributed by atoms with Gasteiger partial charge in [0.25, 0.3) is 0 Å². The fraction of sp³-hybridized carbons (Fsp3) is 0.467. The molecule has 0 saturated heterocycles. The molecule has 7 nitrogen and oxygen atoms in total. The summed E-state index contributed by atoms with van der Waals surface area (Å²) in [5, 5.41) is 22.1. The number of hydrogen-bond acceptors (Lipinski definition) is 6. The lowest BCUT2D eigenvalue weighted by Gasteiger charge is -2.16. The highest BCUT2D eigenvalue weighted by atomic mass is 16.3. The second kappa shape index (κ2) is 6.54. The Balaban J connectivity index is 1.61. The molecule has 2 N–H and O–H groups in total. The molecule has 2 aromatic heterocycles. The second-order valence-electron chi connectivity index (χ2n) is 5.62. The molecule has 0 radical (unpaired) electrons. The summed E-state index contributed by atoms with van der Waals surface area (Å²) in [4.78, 5) is 12.5. The molecule has 22 heavy (non-hydrogen) atoms. The number of rotatable bonds is 5. The van der Waals surface area contributed by atoms with Gasteiger partial charge >= 0.3 is 0 Å². The molecule has 2 heterocycles. The lowest BCUT2D eigenvalue weighted by atomic mass is 10.1. The Bertz CT molecular complexity index is 650. The van der Waals surface area contributed by atoms with Crippen LogP contribution < -0.4 is 5.32 Å². The first kappa shape index (κ1) is 14.5. The number of nitrogens with zero attached hydrogens (tertiary/aromatic N) is 5. The van der Waals surface area contributed by atoms with Crippen LogP contribution in [0.4, 0.5) is 5.95 Å². The molecule has 0 aromatic carbocycles. The van der Waals surface area contributed by atoms with E-state index in [1.807, 2.05) is 10.8 Å². The van der Waals surface area contributed by atoms with Crippen LogP contribution in [-0.2, 0) is 13.0 Å². The zero-order valence-corrected chi connectivity index (χ0v) is 12.1. The molecule has 1 aliphatic carbocycles. The van der Waals surface area contributed by atoms with Gasteiger partial charge in [-0.3, -0.25) is 0 Å². The zero-order chi connectivity index (χ0) is 15.4. The molecule has 0 aliphatic heterocycles. The summed E-state index contributed by atoms with van der Waals surface area (Å²) in [6.07, 6.45) is 8.55. The van der Waals surface area contributed by atoms with Crippen molar-refractivity contribution >= 4 is 5.95 Å². The topological polar surface area (TPSA) is 99.7 Å². The number of nitrogens with one attached hydrogen (secondary N) is 1. The third-order valence-corrected chi connectivity index (χ3v) is 3.94. The van der Waals surface area contributed by atoms with E-state index in [9.17, 15) is 5.11 Å². The molecular weight excluding hydrogens is 280 g/mol. The maximum absolute atomic E-state index is 10.2. The average Bonchev–Trinajstić information content (AvgIpc) is 3.11. The summed E-state index contributed by atoms with van der Waals surface area (Å²) in [7, 11) is 0. The Kier molecular flexibility index (Phi) is 4.30. The smallest absolute Gasteiger partial charge is 0.223 e. The maximum Gasteiger partial charge on any atom is 0.223 e. The van der Waals surface area contributed by atoms with Crippen LogP contribution in [-0.4, -0.2) is 36.8 Å². The van der Waals surface area contributed by atoms with Crippen LogP contribution >= 0.6 is 0 Å². The minimum Gasteiger partial charge on any atom is -0.391 e. The van der Waals surface area contributed by atoms with Crippen molar-refractivity contribution in [2.24, 2.45) is 5.92 Å². The molecular formula is C15H18N6O. The van der Waals surface area contributed by atoms with Crippen molar-refractivity contribution in [3.05, 3.63) is 36.7 Å². The van der Waals surface area contributed by atoms with E-state index in [4.69, 9.17) is 5.26 Å². The van der Waals surface area contributed by atoms with Gasteiger partial charge in [0, 0.05) is 25.1 Å². The Hall–Kier alpha value is -2.46. The minimum absolute atomic E-state index is 0.0640. The van der Waals surface area contributed by atoms with Crippen molar-refractivity contribution in [3.63, 3.8) is 0 Å². The number of imidazole rings is 1. The van der Waals surface area contributed by atoms with Gasteiger partial charge in [-0.25, -0.2) is 15.0 Å². The van der Waals surface area contributed by atoms with E-state index in [0.29, 0.717) is 17.6 Å². The van der Waals surface area contributed by atoms with Gasteiger partial charge < -0.3 is 15.0 Å². The van der Waals surface area contributed by atoms with Gasteiger partial charge in [0.2, 0.25) is 5.95 Å². The van der Waals surface area contributed by atoms with Crippen LogP contribution in [0.1, 0.15) is 18.5 Å². The monoisotopic (exact) mass is 298 g/mol. The first-order valence-electron chi connectivity index (χ1n) is 7.34. The Morgan fingerprint density at radius 2 is 2.32 bits per heavy atom. The average molecular weight is 298 g/mol. The van der Waals surface area contributed by atoms with Gasteiger partial charge in [-0.05, 0) is 24.8 Å². The van der Waals surface area contributed by atoms with Gasteiger partial charge in [0.1, 0.15) is 0 Å². The highest BCUT2D eigenvalue weighted by molar-refractivity contribution is 5.28. The molecule has 114 valence electrons. The van der Waals surface area contributed by atoms with Gasteiger partial charge in [-0.2, -0.15) is 5.26 Å². The fourth-order valence-corrected chi connectivity index (χ4v) is 2.93. The van der Waals surface area contributed by atoms with Crippen molar-refractivity contribution in [2.75, 3.05) is 5.32 Å². The molecule has 2 aromatic rings. The van der Waals surface area contributed by atoms with E-state index in [2.05, 4.69) is 26.3 Å². The van der Waals surface area contributed by atoms with E-state index >= 15 is 0 Å². The third-order valence-electron chi connectivity index (χ3n) is 3.94. The summed E-state index contributed by atoms with van der Waals surface area (Å²) in [5.41, 5.74) is 0.683. The Morgan fingerprint density at radius 3 is 3.09 bits per heavy atom. The third kappa shape index (κ3) is 3.40. The lowest BCUT2D eigenvalue weighted by Crippen LogP contribution is -2.29. The molecule has 1 saturated carbocycles. The summed E-state index contributed by atoms with van der Waals surface area (Å²) in [6.45, 7) is 0.852. The molecule has 3 rings (SSSR count). The van der Waals surface area contributed by atoms with Crippen LogP contribution in [0.2, 0.25) is 0 Å². The Morgan fingerprint density at radius 1 is 1.41 bits per heavy atom. The minimum atomic E-state index is -0.420. The van der Waals surface area contributed by atoms with Crippen LogP contribution in [0.25, 0.3) is 0 Å². The van der Waals surface area contributed by atoms with Crippen molar-refractivity contribution in [1.29, 1.82) is 5.26 Å². The number of aliphatic hydroxyl groups excluding tert-OH is 1. The number of hydrogen-bond donors (Lipinski definition) is 2. The van der Waals surface area contributed by atoms with E-state index in [-0.39, 0.29) is 12.5 Å². The summed E-state index contributed by atoms with van der Waals surface area (Å²) >= 11 is 0.